The smallest absolute Gasteiger partial charge is 0.296 e. The van der Waals surface area contributed by atoms with E-state index in [9.17, 15) is 14.4 Å². The molecular weight excluding hydrogens is 348 g/mol. The lowest BCUT2D eigenvalue weighted by atomic mass is 10.1. The molecule has 3 rings (SSSR count). The van der Waals surface area contributed by atoms with Crippen molar-refractivity contribution in [3.05, 3.63) is 47.8 Å². The van der Waals surface area contributed by atoms with Gasteiger partial charge in [0, 0.05) is 47.2 Å². The number of rotatable bonds is 5. The Bertz CT molecular complexity index is 1060. The molecule has 3 N–H and O–H groups in total. The molecular formula is C19H18N4O4. The van der Waals surface area contributed by atoms with Crippen LogP contribution in [0.1, 0.15) is 23.0 Å². The highest BCUT2D eigenvalue weighted by Gasteiger charge is 2.23. The number of pyridine rings is 1. The van der Waals surface area contributed by atoms with Crippen LogP contribution in [0.15, 0.2) is 36.5 Å². The molecule has 2 aromatic heterocycles. The first-order valence-corrected chi connectivity index (χ1v) is 8.14. The Balaban J connectivity index is 1.92. The van der Waals surface area contributed by atoms with Crippen molar-refractivity contribution >= 4 is 39.9 Å². The van der Waals surface area contributed by atoms with Crippen molar-refractivity contribution in [2.24, 2.45) is 0 Å². The molecule has 0 saturated carbocycles. The van der Waals surface area contributed by atoms with Crippen molar-refractivity contribution in [2.45, 2.75) is 13.8 Å². The fraction of sp³-hybridized carbons (Fsp3) is 0.158. The third-order valence-electron chi connectivity index (χ3n) is 3.94. The van der Waals surface area contributed by atoms with E-state index in [0.29, 0.717) is 33.9 Å². The second kappa shape index (κ2) is 7.28. The van der Waals surface area contributed by atoms with Crippen LogP contribution in [0, 0.1) is 6.92 Å². The molecule has 0 atom stereocenters. The number of ether oxygens (including phenoxy) is 1. The Kier molecular flexibility index (Phi) is 4.89. The number of benzene rings is 1. The van der Waals surface area contributed by atoms with Gasteiger partial charge in [0.1, 0.15) is 0 Å². The van der Waals surface area contributed by atoms with E-state index in [1.165, 1.54) is 26.3 Å². The fourth-order valence-electron chi connectivity index (χ4n) is 2.80. The van der Waals surface area contributed by atoms with Gasteiger partial charge in [0.15, 0.2) is 0 Å². The number of Topliss-reactive ketones (excluding diaryl/α,β-unsaturated/α-hetero) is 1. The van der Waals surface area contributed by atoms with E-state index in [2.05, 4.69) is 20.6 Å². The number of anilines is 2. The topological polar surface area (TPSA) is 113 Å². The van der Waals surface area contributed by atoms with Crippen LogP contribution in [0.4, 0.5) is 11.4 Å². The van der Waals surface area contributed by atoms with Crippen molar-refractivity contribution in [2.75, 3.05) is 17.7 Å². The Labute approximate surface area is 154 Å². The SMILES string of the molecule is COc1cc(NC(=O)C(=O)c2c(C)[nH]c3ccc(NC(C)=O)cc23)ccn1. The Morgan fingerprint density at radius 3 is 2.52 bits per heavy atom. The molecule has 0 aliphatic carbocycles. The quantitative estimate of drug-likeness (QED) is 0.475. The standard InChI is InChI=1S/C19H18N4O4/c1-10-17(14-8-12(22-11(2)24)4-5-15(14)21-10)18(25)19(26)23-13-6-7-20-16(9-13)27-3/h4-9,21H,1-3H3,(H,22,24)(H,20,23,26). The lowest BCUT2D eigenvalue weighted by molar-refractivity contribution is -0.114. The number of fused-ring (bicyclic) bond motifs is 1. The highest BCUT2D eigenvalue weighted by molar-refractivity contribution is 6.48. The van der Waals surface area contributed by atoms with Crippen molar-refractivity contribution in [1.29, 1.82) is 0 Å². The van der Waals surface area contributed by atoms with Crippen molar-refractivity contribution in [3.8, 4) is 5.88 Å². The van der Waals surface area contributed by atoms with Crippen molar-refractivity contribution in [3.63, 3.8) is 0 Å². The maximum absolute atomic E-state index is 12.8. The average molecular weight is 366 g/mol. The zero-order chi connectivity index (χ0) is 19.6. The van der Waals surface area contributed by atoms with Gasteiger partial charge in [-0.05, 0) is 31.2 Å². The van der Waals surface area contributed by atoms with E-state index in [1.54, 1.807) is 31.2 Å². The molecule has 8 nitrogen and oxygen atoms in total. The van der Waals surface area contributed by atoms with Crippen molar-refractivity contribution < 1.29 is 19.1 Å². The van der Waals surface area contributed by atoms with Gasteiger partial charge >= 0.3 is 0 Å². The number of aromatic amines is 1. The molecule has 1 aromatic carbocycles. The molecule has 0 spiro atoms. The summed E-state index contributed by atoms with van der Waals surface area (Å²) >= 11 is 0. The summed E-state index contributed by atoms with van der Waals surface area (Å²) in [4.78, 5) is 43.5. The number of aryl methyl sites for hydroxylation is 1. The number of carbonyl (C=O) groups excluding carboxylic acids is 3. The van der Waals surface area contributed by atoms with Gasteiger partial charge in [0.2, 0.25) is 11.8 Å². The molecule has 2 heterocycles. The van der Waals surface area contributed by atoms with Crippen LogP contribution in [0.25, 0.3) is 10.9 Å². The third-order valence-corrected chi connectivity index (χ3v) is 3.94. The second-order valence-corrected chi connectivity index (χ2v) is 5.94. The summed E-state index contributed by atoms with van der Waals surface area (Å²) in [6.07, 6.45) is 1.47. The molecule has 0 radical (unpaired) electrons. The molecule has 3 aromatic rings. The summed E-state index contributed by atoms with van der Waals surface area (Å²) in [6, 6.07) is 8.20. The highest BCUT2D eigenvalue weighted by atomic mass is 16.5. The van der Waals surface area contributed by atoms with Gasteiger partial charge in [0.05, 0.1) is 12.7 Å². The van der Waals surface area contributed by atoms with Crippen LogP contribution in [0.5, 0.6) is 5.88 Å². The largest absolute Gasteiger partial charge is 0.481 e. The molecule has 8 heteroatoms. The van der Waals surface area contributed by atoms with Gasteiger partial charge in [-0.1, -0.05) is 0 Å². The van der Waals surface area contributed by atoms with Gasteiger partial charge in [-0.15, -0.1) is 0 Å². The van der Waals surface area contributed by atoms with Gasteiger partial charge in [-0.25, -0.2) is 4.98 Å². The Morgan fingerprint density at radius 1 is 1.07 bits per heavy atom. The minimum absolute atomic E-state index is 0.223. The first-order valence-electron chi connectivity index (χ1n) is 8.14. The molecule has 0 saturated heterocycles. The summed E-state index contributed by atoms with van der Waals surface area (Å²) < 4.78 is 5.00. The van der Waals surface area contributed by atoms with Crippen LogP contribution in [-0.2, 0) is 9.59 Å². The summed E-state index contributed by atoms with van der Waals surface area (Å²) in [6.45, 7) is 3.11. The van der Waals surface area contributed by atoms with Crippen LogP contribution >= 0.6 is 0 Å². The monoisotopic (exact) mass is 366 g/mol. The average Bonchev–Trinajstić information content (AvgIpc) is 2.95. The highest BCUT2D eigenvalue weighted by Crippen LogP contribution is 2.26. The first-order chi connectivity index (χ1) is 12.9. The van der Waals surface area contributed by atoms with Gasteiger partial charge in [-0.2, -0.15) is 0 Å². The zero-order valence-corrected chi connectivity index (χ0v) is 15.0. The Hall–Kier alpha value is -3.68. The number of ketones is 1. The first kappa shape index (κ1) is 18.1. The van der Waals surface area contributed by atoms with Crippen molar-refractivity contribution in [1.82, 2.24) is 9.97 Å². The summed E-state index contributed by atoms with van der Waals surface area (Å²) in [5, 5.41) is 5.78. The van der Waals surface area contributed by atoms with E-state index < -0.39 is 11.7 Å². The number of carbonyl (C=O) groups is 3. The predicted octanol–water partition coefficient (Wildman–Crippen LogP) is 2.66. The lowest BCUT2D eigenvalue weighted by Crippen LogP contribution is -2.23. The third kappa shape index (κ3) is 3.79. The molecule has 0 unspecified atom stereocenters. The van der Waals surface area contributed by atoms with Gasteiger partial charge in [-0.3, -0.25) is 14.4 Å². The predicted molar refractivity (Wildman–Crippen MR) is 101 cm³/mol. The van der Waals surface area contributed by atoms with Crippen LogP contribution < -0.4 is 15.4 Å². The fourth-order valence-corrected chi connectivity index (χ4v) is 2.80. The minimum Gasteiger partial charge on any atom is -0.481 e. The zero-order valence-electron chi connectivity index (χ0n) is 15.0. The molecule has 2 amide bonds. The maximum Gasteiger partial charge on any atom is 0.296 e. The van der Waals surface area contributed by atoms with E-state index in [-0.39, 0.29) is 11.5 Å². The maximum atomic E-state index is 12.8. The number of methoxy groups -OCH3 is 1. The number of aromatic nitrogens is 2. The molecule has 138 valence electrons. The summed E-state index contributed by atoms with van der Waals surface area (Å²) in [5.74, 6) is -1.37. The molecule has 0 fully saturated rings. The number of nitrogens with one attached hydrogen (secondary N) is 3. The second-order valence-electron chi connectivity index (χ2n) is 5.94. The lowest BCUT2D eigenvalue weighted by Gasteiger charge is -2.07. The minimum atomic E-state index is -0.780. The molecule has 27 heavy (non-hydrogen) atoms. The van der Waals surface area contributed by atoms with Crippen LogP contribution in [0.2, 0.25) is 0 Å². The van der Waals surface area contributed by atoms with Gasteiger partial charge in [0.25, 0.3) is 11.7 Å². The van der Waals surface area contributed by atoms with E-state index in [4.69, 9.17) is 4.74 Å². The van der Waals surface area contributed by atoms with E-state index >= 15 is 0 Å². The number of amides is 2. The number of hydrogen-bond donors (Lipinski definition) is 3. The summed E-state index contributed by atoms with van der Waals surface area (Å²) in [5.41, 5.74) is 2.47. The number of hydrogen-bond acceptors (Lipinski definition) is 5. The van der Waals surface area contributed by atoms with E-state index in [1.807, 2.05) is 0 Å². The molecule has 0 bridgehead atoms. The molecule has 0 aliphatic heterocycles. The molecule has 0 aliphatic rings. The van der Waals surface area contributed by atoms with Crippen LogP contribution in [-0.4, -0.2) is 34.7 Å². The summed E-state index contributed by atoms with van der Waals surface area (Å²) in [7, 11) is 1.46. The number of nitrogens with zero attached hydrogens (tertiary/aromatic N) is 1. The number of H-pyrrole nitrogens is 1. The van der Waals surface area contributed by atoms with Gasteiger partial charge < -0.3 is 20.4 Å². The Morgan fingerprint density at radius 2 is 1.81 bits per heavy atom. The van der Waals surface area contributed by atoms with E-state index in [0.717, 1.165) is 0 Å². The van der Waals surface area contributed by atoms with Crippen LogP contribution in [0.3, 0.4) is 0 Å². The normalized spacial score (nSPS) is 10.5.